The Morgan fingerprint density at radius 2 is 1.70 bits per heavy atom. The molecule has 1 aliphatic heterocycles. The number of benzene rings is 3. The Hall–Kier alpha value is -4.17. The Labute approximate surface area is 216 Å². The molecule has 0 saturated heterocycles. The number of fused-ring (bicyclic) bond motifs is 3. The Balaban J connectivity index is 1.65. The van der Waals surface area contributed by atoms with Crippen molar-refractivity contribution in [2.45, 2.75) is 26.8 Å². The van der Waals surface area contributed by atoms with Gasteiger partial charge in [-0.1, -0.05) is 35.1 Å². The van der Waals surface area contributed by atoms with Crippen LogP contribution in [0.25, 0.3) is 21.2 Å². The van der Waals surface area contributed by atoms with E-state index in [1.807, 2.05) is 32.9 Å². The van der Waals surface area contributed by atoms with Gasteiger partial charge < -0.3 is 13.9 Å². The Morgan fingerprint density at radius 1 is 0.919 bits per heavy atom. The monoisotopic (exact) mass is 512 g/mol. The molecule has 7 nitrogen and oxygen atoms in total. The second-order valence-corrected chi connectivity index (χ2v) is 10.3. The molecule has 0 saturated carbocycles. The number of hydrogen-bond donors (Lipinski definition) is 0. The minimum absolute atomic E-state index is 0.0355. The summed E-state index contributed by atoms with van der Waals surface area (Å²) >= 11 is 1.42. The molecule has 0 fully saturated rings. The van der Waals surface area contributed by atoms with E-state index in [0.29, 0.717) is 38.7 Å². The summed E-state index contributed by atoms with van der Waals surface area (Å²) in [5.41, 5.74) is 5.04. The van der Waals surface area contributed by atoms with Gasteiger partial charge in [0.25, 0.3) is 5.91 Å². The van der Waals surface area contributed by atoms with Crippen LogP contribution in [0.2, 0.25) is 0 Å². The Bertz CT molecular complexity index is 1800. The maximum absolute atomic E-state index is 14.0. The predicted octanol–water partition coefficient (Wildman–Crippen LogP) is 6.09. The quantitative estimate of drug-likeness (QED) is 0.290. The summed E-state index contributed by atoms with van der Waals surface area (Å²) in [4.78, 5) is 34.3. The van der Waals surface area contributed by atoms with Gasteiger partial charge in [-0.15, -0.1) is 0 Å². The number of thiazole rings is 1. The van der Waals surface area contributed by atoms with Crippen LogP contribution in [0.15, 0.2) is 57.7 Å². The molecule has 1 amide bonds. The van der Waals surface area contributed by atoms with Gasteiger partial charge in [-0.25, -0.2) is 4.98 Å². The van der Waals surface area contributed by atoms with Crippen LogP contribution in [0.5, 0.6) is 11.5 Å². The van der Waals surface area contributed by atoms with E-state index in [1.54, 1.807) is 43.4 Å². The third-order valence-corrected chi connectivity index (χ3v) is 7.78. The van der Waals surface area contributed by atoms with Crippen LogP contribution >= 0.6 is 11.3 Å². The highest BCUT2D eigenvalue weighted by atomic mass is 32.1. The maximum atomic E-state index is 14.0. The van der Waals surface area contributed by atoms with Gasteiger partial charge in [0.1, 0.15) is 5.58 Å². The molecular formula is C29H24N2O5S. The fourth-order valence-corrected chi connectivity index (χ4v) is 6.25. The van der Waals surface area contributed by atoms with Crippen LogP contribution in [-0.4, -0.2) is 25.1 Å². The second-order valence-electron chi connectivity index (χ2n) is 9.29. The number of ether oxygens (including phenoxy) is 2. The van der Waals surface area contributed by atoms with Crippen molar-refractivity contribution in [1.29, 1.82) is 0 Å². The van der Waals surface area contributed by atoms with Crippen LogP contribution in [0.1, 0.15) is 44.4 Å². The standard InChI is InChI=1S/C29H24N2O5S/c1-14-6-8-19-18(11-14)26(32)23-25(17-7-9-20(34-4)21(13-17)35-5)31(28(33)27(23)36-19)29-30-24-16(3)10-15(2)12-22(24)37-29/h6-13,25H,1-5H3/t25-/m1/s1. The maximum Gasteiger partial charge on any atom is 0.297 e. The zero-order chi connectivity index (χ0) is 26.0. The number of nitrogens with zero attached hydrogens (tertiary/aromatic N) is 2. The third-order valence-electron chi connectivity index (χ3n) is 6.77. The molecule has 0 N–H and O–H groups in total. The minimum atomic E-state index is -0.745. The summed E-state index contributed by atoms with van der Waals surface area (Å²) < 4.78 is 18.0. The molecule has 0 aliphatic carbocycles. The van der Waals surface area contributed by atoms with Crippen LogP contribution in [0.4, 0.5) is 5.13 Å². The second kappa shape index (κ2) is 8.45. The van der Waals surface area contributed by atoms with E-state index in [4.69, 9.17) is 18.9 Å². The summed E-state index contributed by atoms with van der Waals surface area (Å²) in [5, 5.41) is 0.939. The van der Waals surface area contributed by atoms with Gasteiger partial charge in [0.05, 0.1) is 41.4 Å². The van der Waals surface area contributed by atoms with E-state index in [-0.39, 0.29) is 11.2 Å². The van der Waals surface area contributed by atoms with Gasteiger partial charge in [-0.2, -0.15) is 0 Å². The van der Waals surface area contributed by atoms with Crippen LogP contribution < -0.4 is 19.8 Å². The molecule has 1 atom stereocenters. The summed E-state index contributed by atoms with van der Waals surface area (Å²) in [5.74, 6) is 0.684. The summed E-state index contributed by atoms with van der Waals surface area (Å²) in [7, 11) is 3.11. The van der Waals surface area contributed by atoms with Crippen molar-refractivity contribution in [3.05, 3.63) is 92.3 Å². The zero-order valence-electron chi connectivity index (χ0n) is 21.0. The lowest BCUT2D eigenvalue weighted by molar-refractivity contribution is 0.0971. The zero-order valence-corrected chi connectivity index (χ0v) is 21.9. The number of hydrogen-bond acceptors (Lipinski definition) is 7. The summed E-state index contributed by atoms with van der Waals surface area (Å²) in [6, 6.07) is 14.2. The normalized spacial score (nSPS) is 15.0. The minimum Gasteiger partial charge on any atom is -0.493 e. The molecule has 1 aliphatic rings. The fraction of sp³-hybridized carbons (Fsp3) is 0.207. The number of rotatable bonds is 4. The molecule has 6 rings (SSSR count). The average molecular weight is 513 g/mol. The molecule has 3 heterocycles. The van der Waals surface area contributed by atoms with E-state index in [1.165, 1.54) is 11.3 Å². The number of aryl methyl sites for hydroxylation is 3. The molecule has 37 heavy (non-hydrogen) atoms. The molecule has 0 radical (unpaired) electrons. The van der Waals surface area contributed by atoms with Crippen molar-refractivity contribution < 1.29 is 18.7 Å². The van der Waals surface area contributed by atoms with Crippen LogP contribution in [0, 0.1) is 20.8 Å². The number of anilines is 1. The molecule has 186 valence electrons. The van der Waals surface area contributed by atoms with Gasteiger partial charge in [-0.05, 0) is 67.8 Å². The van der Waals surface area contributed by atoms with E-state index in [9.17, 15) is 9.59 Å². The molecular weight excluding hydrogens is 488 g/mol. The topological polar surface area (TPSA) is 81.9 Å². The van der Waals surface area contributed by atoms with E-state index in [2.05, 4.69) is 12.1 Å². The first-order chi connectivity index (χ1) is 17.8. The van der Waals surface area contributed by atoms with Crippen molar-refractivity contribution in [1.82, 2.24) is 4.98 Å². The molecule has 0 unspecified atom stereocenters. The van der Waals surface area contributed by atoms with Crippen molar-refractivity contribution in [2.75, 3.05) is 19.1 Å². The Kier molecular flexibility index (Phi) is 5.31. The lowest BCUT2D eigenvalue weighted by Gasteiger charge is -2.23. The van der Waals surface area contributed by atoms with E-state index in [0.717, 1.165) is 26.9 Å². The SMILES string of the molecule is COc1ccc([C@@H]2c3c(oc4ccc(C)cc4c3=O)C(=O)N2c2nc3c(C)cc(C)cc3s2)cc1OC. The molecule has 8 heteroatoms. The smallest absolute Gasteiger partial charge is 0.297 e. The predicted molar refractivity (Wildman–Crippen MR) is 145 cm³/mol. The van der Waals surface area contributed by atoms with Crippen LogP contribution in [-0.2, 0) is 0 Å². The van der Waals surface area contributed by atoms with Gasteiger partial charge in [0, 0.05) is 0 Å². The van der Waals surface area contributed by atoms with Crippen molar-refractivity contribution in [3.63, 3.8) is 0 Å². The summed E-state index contributed by atoms with van der Waals surface area (Å²) in [6.45, 7) is 5.96. The lowest BCUT2D eigenvalue weighted by Crippen LogP contribution is -2.29. The van der Waals surface area contributed by atoms with Crippen molar-refractivity contribution in [3.8, 4) is 11.5 Å². The van der Waals surface area contributed by atoms with Crippen molar-refractivity contribution in [2.24, 2.45) is 0 Å². The van der Waals surface area contributed by atoms with Gasteiger partial charge >= 0.3 is 0 Å². The highest BCUT2D eigenvalue weighted by molar-refractivity contribution is 7.22. The first kappa shape index (κ1) is 23.2. The first-order valence-electron chi connectivity index (χ1n) is 11.8. The molecule has 5 aromatic rings. The first-order valence-corrected chi connectivity index (χ1v) is 12.6. The lowest BCUT2D eigenvalue weighted by atomic mass is 9.98. The molecule has 0 spiro atoms. The highest BCUT2D eigenvalue weighted by Gasteiger charge is 2.45. The van der Waals surface area contributed by atoms with Gasteiger partial charge in [0.15, 0.2) is 22.1 Å². The average Bonchev–Trinajstić information content (AvgIpc) is 3.43. The van der Waals surface area contributed by atoms with E-state index >= 15 is 0 Å². The number of methoxy groups -OCH3 is 2. The fourth-order valence-electron chi connectivity index (χ4n) is 5.08. The third kappa shape index (κ3) is 3.51. The Morgan fingerprint density at radius 3 is 2.46 bits per heavy atom. The van der Waals surface area contributed by atoms with Crippen molar-refractivity contribution >= 4 is 43.6 Å². The highest BCUT2D eigenvalue weighted by Crippen LogP contribution is 2.45. The number of carbonyl (C=O) groups excluding carboxylic acids is 1. The molecule has 2 aromatic heterocycles. The largest absolute Gasteiger partial charge is 0.493 e. The number of aromatic nitrogens is 1. The molecule has 3 aromatic carbocycles. The van der Waals surface area contributed by atoms with Gasteiger partial charge in [-0.3, -0.25) is 14.5 Å². The van der Waals surface area contributed by atoms with Crippen LogP contribution in [0.3, 0.4) is 0 Å². The number of carbonyl (C=O) groups is 1. The van der Waals surface area contributed by atoms with E-state index < -0.39 is 11.9 Å². The van der Waals surface area contributed by atoms with Gasteiger partial charge in [0.2, 0.25) is 5.76 Å². The molecule has 0 bridgehead atoms. The summed E-state index contributed by atoms with van der Waals surface area (Å²) in [6.07, 6.45) is 0. The number of amides is 1.